The van der Waals surface area contributed by atoms with Gasteiger partial charge in [-0.2, -0.15) is 0 Å². The molecule has 0 aliphatic rings. The zero-order valence-corrected chi connectivity index (χ0v) is 15.7. The Morgan fingerprint density at radius 3 is 2.38 bits per heavy atom. The molecule has 0 heterocycles. The highest BCUT2D eigenvalue weighted by molar-refractivity contribution is 9.11. The number of unbranched alkanes of at least 4 members (excludes halogenated alkanes) is 1. The Balaban J connectivity index is 2.03. The van der Waals surface area contributed by atoms with Crippen molar-refractivity contribution >= 4 is 37.5 Å². The van der Waals surface area contributed by atoms with Crippen LogP contribution in [0.5, 0.6) is 0 Å². The second kappa shape index (κ2) is 8.00. The largest absolute Gasteiger partial charge is 0.378 e. The molecule has 0 aliphatic carbocycles. The van der Waals surface area contributed by atoms with Crippen LogP contribution in [0.4, 0.5) is 5.69 Å². The molecule has 2 aromatic carbocycles. The van der Waals surface area contributed by atoms with Crippen molar-refractivity contribution in [3.8, 4) is 0 Å². The highest BCUT2D eigenvalue weighted by Gasteiger charge is 2.09. The molecule has 0 spiro atoms. The summed E-state index contributed by atoms with van der Waals surface area (Å²) in [5, 5.41) is 3.56. The number of nitrogens with one attached hydrogen (secondary N) is 1. The number of hydrogen-bond acceptors (Lipinski definition) is 1. The third-order valence-electron chi connectivity index (χ3n) is 3.59. The fourth-order valence-corrected chi connectivity index (χ4v) is 3.72. The molecule has 1 atom stereocenters. The summed E-state index contributed by atoms with van der Waals surface area (Å²) in [5.41, 5.74) is 3.84. The first-order valence-corrected chi connectivity index (χ1v) is 8.99. The Labute approximate surface area is 144 Å². The quantitative estimate of drug-likeness (QED) is 0.556. The molecule has 0 radical (unpaired) electrons. The van der Waals surface area contributed by atoms with Gasteiger partial charge in [0.05, 0.1) is 0 Å². The summed E-state index contributed by atoms with van der Waals surface area (Å²) in [5.74, 6) is 0. The van der Waals surface area contributed by atoms with Gasteiger partial charge in [0.1, 0.15) is 0 Å². The van der Waals surface area contributed by atoms with Crippen LogP contribution in [0, 0.1) is 0 Å². The van der Waals surface area contributed by atoms with Gasteiger partial charge in [0.25, 0.3) is 0 Å². The lowest BCUT2D eigenvalue weighted by molar-refractivity contribution is 0.795. The number of benzene rings is 2. The van der Waals surface area contributed by atoms with E-state index in [1.54, 1.807) is 0 Å². The minimum atomic E-state index is 0.258. The summed E-state index contributed by atoms with van der Waals surface area (Å²) in [6, 6.07) is 15.4. The molecule has 2 rings (SSSR count). The minimum Gasteiger partial charge on any atom is -0.378 e. The van der Waals surface area contributed by atoms with Crippen LogP contribution in [0.2, 0.25) is 0 Å². The molecule has 1 nitrogen and oxygen atoms in total. The number of aryl methyl sites for hydroxylation is 1. The number of halogens is 2. The summed E-state index contributed by atoms with van der Waals surface area (Å²) in [7, 11) is 0. The van der Waals surface area contributed by atoms with E-state index in [2.05, 4.69) is 93.5 Å². The van der Waals surface area contributed by atoms with Crippen LogP contribution >= 0.6 is 31.9 Å². The van der Waals surface area contributed by atoms with Crippen molar-refractivity contribution in [2.75, 3.05) is 5.32 Å². The fraction of sp³-hybridized carbons (Fsp3) is 0.333. The first-order chi connectivity index (χ1) is 10.1. The van der Waals surface area contributed by atoms with Gasteiger partial charge in [0, 0.05) is 20.7 Å². The van der Waals surface area contributed by atoms with Gasteiger partial charge in [0.15, 0.2) is 0 Å². The SMILES string of the molecule is CCCCc1ccc(NC(C)c2ccc(Br)cc2Br)cc1. The highest BCUT2D eigenvalue weighted by atomic mass is 79.9. The van der Waals surface area contributed by atoms with Gasteiger partial charge in [-0.15, -0.1) is 0 Å². The number of hydrogen-bond donors (Lipinski definition) is 1. The topological polar surface area (TPSA) is 12.0 Å². The molecular formula is C18H21Br2N. The van der Waals surface area contributed by atoms with E-state index in [9.17, 15) is 0 Å². The van der Waals surface area contributed by atoms with Crippen molar-refractivity contribution in [3.05, 3.63) is 62.5 Å². The molecule has 0 aliphatic heterocycles. The molecule has 0 saturated carbocycles. The van der Waals surface area contributed by atoms with Crippen molar-refractivity contribution < 1.29 is 0 Å². The molecule has 1 N–H and O–H groups in total. The first-order valence-electron chi connectivity index (χ1n) is 7.40. The zero-order chi connectivity index (χ0) is 15.2. The van der Waals surface area contributed by atoms with Gasteiger partial charge < -0.3 is 5.32 Å². The number of rotatable bonds is 6. The summed E-state index contributed by atoms with van der Waals surface area (Å²) in [6.45, 7) is 4.41. The van der Waals surface area contributed by atoms with Gasteiger partial charge in [-0.3, -0.25) is 0 Å². The van der Waals surface area contributed by atoms with Crippen LogP contribution in [0.15, 0.2) is 51.4 Å². The van der Waals surface area contributed by atoms with Gasteiger partial charge in [-0.25, -0.2) is 0 Å². The maximum atomic E-state index is 3.63. The van der Waals surface area contributed by atoms with E-state index < -0.39 is 0 Å². The molecule has 0 amide bonds. The van der Waals surface area contributed by atoms with E-state index in [1.807, 2.05) is 0 Å². The van der Waals surface area contributed by atoms with Gasteiger partial charge in [-0.1, -0.05) is 63.4 Å². The molecule has 21 heavy (non-hydrogen) atoms. The van der Waals surface area contributed by atoms with Crippen LogP contribution in [0.25, 0.3) is 0 Å². The van der Waals surface area contributed by atoms with Crippen molar-refractivity contribution in [1.82, 2.24) is 0 Å². The smallest absolute Gasteiger partial charge is 0.0496 e. The lowest BCUT2D eigenvalue weighted by Crippen LogP contribution is -2.07. The lowest BCUT2D eigenvalue weighted by atomic mass is 10.1. The third kappa shape index (κ3) is 4.86. The summed E-state index contributed by atoms with van der Waals surface area (Å²) >= 11 is 7.12. The highest BCUT2D eigenvalue weighted by Crippen LogP contribution is 2.29. The molecule has 2 aromatic rings. The molecule has 3 heteroatoms. The molecular weight excluding hydrogens is 390 g/mol. The Morgan fingerprint density at radius 2 is 1.76 bits per heavy atom. The van der Waals surface area contributed by atoms with Crippen LogP contribution in [0.3, 0.4) is 0 Å². The zero-order valence-electron chi connectivity index (χ0n) is 12.5. The maximum Gasteiger partial charge on any atom is 0.0496 e. The third-order valence-corrected chi connectivity index (χ3v) is 4.77. The predicted molar refractivity (Wildman–Crippen MR) is 98.9 cm³/mol. The Hall–Kier alpha value is -0.800. The van der Waals surface area contributed by atoms with E-state index in [4.69, 9.17) is 0 Å². The second-order valence-corrected chi connectivity index (χ2v) is 7.10. The Kier molecular flexibility index (Phi) is 6.31. The Morgan fingerprint density at radius 1 is 1.05 bits per heavy atom. The van der Waals surface area contributed by atoms with Crippen LogP contribution in [-0.4, -0.2) is 0 Å². The predicted octanol–water partition coefficient (Wildman–Crippen LogP) is 6.73. The second-order valence-electron chi connectivity index (χ2n) is 5.33. The molecule has 0 bridgehead atoms. The van der Waals surface area contributed by atoms with E-state index >= 15 is 0 Å². The van der Waals surface area contributed by atoms with Gasteiger partial charge in [0.2, 0.25) is 0 Å². The summed E-state index contributed by atoms with van der Waals surface area (Å²) in [4.78, 5) is 0. The maximum absolute atomic E-state index is 3.63. The average molecular weight is 411 g/mol. The van der Waals surface area contributed by atoms with Crippen LogP contribution in [0.1, 0.15) is 43.9 Å². The summed E-state index contributed by atoms with van der Waals surface area (Å²) < 4.78 is 2.21. The van der Waals surface area contributed by atoms with E-state index in [0.29, 0.717) is 0 Å². The molecule has 0 saturated heterocycles. The lowest BCUT2D eigenvalue weighted by Gasteiger charge is -2.17. The average Bonchev–Trinajstić information content (AvgIpc) is 2.46. The minimum absolute atomic E-state index is 0.258. The summed E-state index contributed by atoms with van der Waals surface area (Å²) in [6.07, 6.45) is 3.67. The van der Waals surface area contributed by atoms with E-state index in [-0.39, 0.29) is 6.04 Å². The standard InChI is InChI=1S/C18H21Br2N/c1-3-4-5-14-6-9-16(10-7-14)21-13(2)17-11-8-15(19)12-18(17)20/h6-13,21H,3-5H2,1-2H3. The molecule has 0 fully saturated rings. The van der Waals surface area contributed by atoms with Crippen molar-refractivity contribution in [1.29, 1.82) is 0 Å². The first kappa shape index (κ1) is 16.6. The van der Waals surface area contributed by atoms with Crippen LogP contribution < -0.4 is 5.32 Å². The van der Waals surface area contributed by atoms with Crippen molar-refractivity contribution in [3.63, 3.8) is 0 Å². The Bertz CT molecular complexity index is 578. The van der Waals surface area contributed by atoms with Gasteiger partial charge >= 0.3 is 0 Å². The van der Waals surface area contributed by atoms with Gasteiger partial charge in [-0.05, 0) is 55.2 Å². The van der Waals surface area contributed by atoms with Crippen molar-refractivity contribution in [2.24, 2.45) is 0 Å². The van der Waals surface area contributed by atoms with E-state index in [0.717, 1.165) is 14.6 Å². The fourth-order valence-electron chi connectivity index (χ4n) is 2.33. The molecule has 112 valence electrons. The normalized spacial score (nSPS) is 12.2. The number of anilines is 1. The van der Waals surface area contributed by atoms with Crippen LogP contribution in [-0.2, 0) is 6.42 Å². The molecule has 0 aromatic heterocycles. The monoisotopic (exact) mass is 409 g/mol. The van der Waals surface area contributed by atoms with Crippen molar-refractivity contribution in [2.45, 2.75) is 39.2 Å². The van der Waals surface area contributed by atoms with E-state index in [1.165, 1.54) is 30.4 Å². The molecule has 1 unspecified atom stereocenters.